The first-order chi connectivity index (χ1) is 9.45. The Hall–Kier alpha value is -1.52. The van der Waals surface area contributed by atoms with Crippen LogP contribution in [0.3, 0.4) is 0 Å². The van der Waals surface area contributed by atoms with Gasteiger partial charge in [0, 0.05) is 12.5 Å². The van der Waals surface area contributed by atoms with Crippen LogP contribution in [-0.2, 0) is 24.7 Å². The molecular formula is C11H16N2O6S2. The second kappa shape index (κ2) is 6.08. The Kier molecular flexibility index (Phi) is 5.07. The summed E-state index contributed by atoms with van der Waals surface area (Å²) in [7, 11) is -7.64. The summed E-state index contributed by atoms with van der Waals surface area (Å²) in [5.41, 5.74) is 0. The third kappa shape index (κ3) is 4.48. The zero-order valence-corrected chi connectivity index (χ0v) is 13.3. The maximum Gasteiger partial charge on any atom is 0.322 e. The largest absolute Gasteiger partial charge is 0.480 e. The van der Waals surface area contributed by atoms with Crippen molar-refractivity contribution >= 4 is 25.8 Å². The minimum Gasteiger partial charge on any atom is -0.480 e. The van der Waals surface area contributed by atoms with Crippen molar-refractivity contribution in [3.63, 3.8) is 0 Å². The summed E-state index contributed by atoms with van der Waals surface area (Å²) < 4.78 is 48.6. The Morgan fingerprint density at radius 1 is 1.24 bits per heavy atom. The topological polar surface area (TPSA) is 130 Å². The molecule has 0 saturated heterocycles. The lowest BCUT2D eigenvalue weighted by Gasteiger charge is -2.17. The second-order valence-electron chi connectivity index (χ2n) is 4.79. The van der Waals surface area contributed by atoms with Gasteiger partial charge in [0.25, 0.3) is 0 Å². The number of pyridine rings is 1. The summed E-state index contributed by atoms with van der Waals surface area (Å²) in [5.74, 6) is -1.75. The first-order valence-corrected chi connectivity index (χ1v) is 9.24. The monoisotopic (exact) mass is 336 g/mol. The Balaban J connectivity index is 3.11. The number of aromatic nitrogens is 1. The van der Waals surface area contributed by atoms with E-state index in [-0.39, 0.29) is 9.92 Å². The molecule has 1 rings (SSSR count). The van der Waals surface area contributed by atoms with Crippen LogP contribution < -0.4 is 4.72 Å². The van der Waals surface area contributed by atoms with Crippen LogP contribution in [0.2, 0.25) is 0 Å². The molecule has 0 amide bonds. The van der Waals surface area contributed by atoms with Crippen LogP contribution in [0.4, 0.5) is 0 Å². The Bertz CT molecular complexity index is 722. The first kappa shape index (κ1) is 17.5. The van der Waals surface area contributed by atoms with Crippen molar-refractivity contribution in [2.24, 2.45) is 5.92 Å². The summed E-state index contributed by atoms with van der Waals surface area (Å²) in [6, 6.07) is 0.824. The molecule has 0 spiro atoms. The Morgan fingerprint density at radius 3 is 2.14 bits per heavy atom. The highest BCUT2D eigenvalue weighted by atomic mass is 32.2. The van der Waals surface area contributed by atoms with Crippen molar-refractivity contribution in [2.75, 3.05) is 6.26 Å². The molecule has 0 aromatic carbocycles. The molecular weight excluding hydrogens is 320 g/mol. The zero-order chi connectivity index (χ0) is 16.4. The number of rotatable bonds is 6. The molecule has 2 N–H and O–H groups in total. The first-order valence-electron chi connectivity index (χ1n) is 5.86. The van der Waals surface area contributed by atoms with Gasteiger partial charge in [-0.15, -0.1) is 0 Å². The van der Waals surface area contributed by atoms with Crippen molar-refractivity contribution in [3.8, 4) is 0 Å². The van der Waals surface area contributed by atoms with Crippen molar-refractivity contribution in [2.45, 2.75) is 29.8 Å². The molecule has 0 aliphatic rings. The number of aliphatic carboxylic acids is 1. The molecule has 0 aliphatic carbocycles. The molecule has 0 fully saturated rings. The van der Waals surface area contributed by atoms with Gasteiger partial charge in [0.1, 0.15) is 10.9 Å². The van der Waals surface area contributed by atoms with E-state index in [0.717, 1.165) is 24.6 Å². The van der Waals surface area contributed by atoms with Gasteiger partial charge in [-0.2, -0.15) is 4.72 Å². The van der Waals surface area contributed by atoms with Crippen molar-refractivity contribution in [1.29, 1.82) is 0 Å². The standard InChI is InChI=1S/C11H16N2O6S2/c1-7(2)10(11(14)15)13-21(18,19)8-4-5-9(12-6-8)20(3,16)17/h4-7,10,13H,1-3H3,(H,14,15)/t10-/m0/s1. The molecule has 10 heteroatoms. The van der Waals surface area contributed by atoms with E-state index in [0.29, 0.717) is 0 Å². The quantitative estimate of drug-likeness (QED) is 0.740. The van der Waals surface area contributed by atoms with Gasteiger partial charge in [-0.3, -0.25) is 4.79 Å². The predicted molar refractivity (Wildman–Crippen MR) is 73.9 cm³/mol. The van der Waals surface area contributed by atoms with Crippen LogP contribution in [0.1, 0.15) is 13.8 Å². The molecule has 1 aromatic rings. The molecule has 0 unspecified atom stereocenters. The molecule has 8 nitrogen and oxygen atoms in total. The number of hydrogen-bond acceptors (Lipinski definition) is 6. The fourth-order valence-corrected chi connectivity index (χ4v) is 3.29. The number of nitrogens with zero attached hydrogens (tertiary/aromatic N) is 1. The van der Waals surface area contributed by atoms with Crippen molar-refractivity contribution < 1.29 is 26.7 Å². The summed E-state index contributed by atoms with van der Waals surface area (Å²) in [6.45, 7) is 3.12. The second-order valence-corrected chi connectivity index (χ2v) is 8.46. The summed E-state index contributed by atoms with van der Waals surface area (Å²) in [5, 5.41) is 8.72. The Labute approximate surface area is 123 Å². The molecule has 0 saturated carbocycles. The number of carbonyl (C=O) groups is 1. The third-order valence-electron chi connectivity index (χ3n) is 2.61. The van der Waals surface area contributed by atoms with E-state index in [1.807, 2.05) is 4.72 Å². The molecule has 21 heavy (non-hydrogen) atoms. The van der Waals surface area contributed by atoms with Crippen LogP contribution >= 0.6 is 0 Å². The number of sulfone groups is 1. The molecule has 0 aliphatic heterocycles. The van der Waals surface area contributed by atoms with E-state index >= 15 is 0 Å². The third-order valence-corrected chi connectivity index (χ3v) is 5.04. The maximum atomic E-state index is 12.0. The van der Waals surface area contributed by atoms with Crippen LogP contribution in [0.15, 0.2) is 28.3 Å². The summed E-state index contributed by atoms with van der Waals surface area (Å²) in [6.07, 6.45) is 1.82. The zero-order valence-electron chi connectivity index (χ0n) is 11.6. The van der Waals surface area contributed by atoms with E-state index in [1.54, 1.807) is 13.8 Å². The normalized spacial score (nSPS) is 14.1. The van der Waals surface area contributed by atoms with E-state index in [4.69, 9.17) is 5.11 Å². The average Bonchev–Trinajstić information content (AvgIpc) is 2.34. The number of carboxylic acids is 1. The summed E-state index contributed by atoms with van der Waals surface area (Å²) in [4.78, 5) is 14.3. The smallest absolute Gasteiger partial charge is 0.322 e. The summed E-state index contributed by atoms with van der Waals surface area (Å²) >= 11 is 0. The lowest BCUT2D eigenvalue weighted by Crippen LogP contribution is -2.44. The fraction of sp³-hybridized carbons (Fsp3) is 0.455. The molecule has 118 valence electrons. The number of hydrogen-bond donors (Lipinski definition) is 2. The SMILES string of the molecule is CC(C)[C@H](NS(=O)(=O)c1ccc(S(C)(=O)=O)nc1)C(=O)O. The molecule has 0 radical (unpaired) electrons. The van der Waals surface area contributed by atoms with Crippen molar-refractivity contribution in [1.82, 2.24) is 9.71 Å². The highest BCUT2D eigenvalue weighted by molar-refractivity contribution is 7.90. The molecule has 1 aromatic heterocycles. The predicted octanol–water partition coefficient (Wildman–Crippen LogP) is -0.127. The lowest BCUT2D eigenvalue weighted by molar-refractivity contribution is -0.140. The van der Waals surface area contributed by atoms with Gasteiger partial charge in [-0.25, -0.2) is 21.8 Å². The van der Waals surface area contributed by atoms with Gasteiger partial charge in [0.05, 0.1) is 0 Å². The van der Waals surface area contributed by atoms with E-state index in [1.165, 1.54) is 0 Å². The number of nitrogens with one attached hydrogen (secondary N) is 1. The number of carboxylic acid groups (broad SMARTS) is 1. The van der Waals surface area contributed by atoms with E-state index in [9.17, 15) is 21.6 Å². The van der Waals surface area contributed by atoms with Crippen LogP contribution in [0.25, 0.3) is 0 Å². The number of sulfonamides is 1. The van der Waals surface area contributed by atoms with Gasteiger partial charge >= 0.3 is 5.97 Å². The molecule has 1 atom stereocenters. The van der Waals surface area contributed by atoms with Gasteiger partial charge in [-0.1, -0.05) is 13.8 Å². The Morgan fingerprint density at radius 2 is 1.81 bits per heavy atom. The maximum absolute atomic E-state index is 12.0. The van der Waals surface area contributed by atoms with Crippen LogP contribution in [0, 0.1) is 5.92 Å². The van der Waals surface area contributed by atoms with Crippen molar-refractivity contribution in [3.05, 3.63) is 18.3 Å². The average molecular weight is 336 g/mol. The fourth-order valence-electron chi connectivity index (χ4n) is 1.45. The van der Waals surface area contributed by atoms with Crippen LogP contribution in [-0.4, -0.2) is 45.2 Å². The van der Waals surface area contributed by atoms with Crippen LogP contribution in [0.5, 0.6) is 0 Å². The minimum atomic E-state index is -4.10. The van der Waals surface area contributed by atoms with Gasteiger partial charge in [0.15, 0.2) is 14.9 Å². The van der Waals surface area contributed by atoms with E-state index < -0.39 is 37.8 Å². The molecule has 1 heterocycles. The highest BCUT2D eigenvalue weighted by Crippen LogP contribution is 2.13. The van der Waals surface area contributed by atoms with Gasteiger partial charge < -0.3 is 5.11 Å². The van der Waals surface area contributed by atoms with E-state index in [2.05, 4.69) is 4.98 Å². The minimum absolute atomic E-state index is 0.264. The highest BCUT2D eigenvalue weighted by Gasteiger charge is 2.28. The van der Waals surface area contributed by atoms with Gasteiger partial charge in [-0.05, 0) is 18.1 Å². The molecule has 0 bridgehead atoms. The van der Waals surface area contributed by atoms with Gasteiger partial charge in [0.2, 0.25) is 10.0 Å². The lowest BCUT2D eigenvalue weighted by atomic mass is 10.1.